The normalized spacial score (nSPS) is 17.9. The topological polar surface area (TPSA) is 29.1 Å². The number of hydrogen-bond acceptors (Lipinski definition) is 2. The summed E-state index contributed by atoms with van der Waals surface area (Å²) in [6.07, 6.45) is 2.98. The molecule has 1 aromatic rings. The van der Waals surface area contributed by atoms with Crippen LogP contribution in [0.25, 0.3) is 0 Å². The van der Waals surface area contributed by atoms with Crippen LogP contribution in [0, 0.1) is 5.82 Å². The first-order valence-electron chi connectivity index (χ1n) is 6.48. The van der Waals surface area contributed by atoms with Crippen molar-refractivity contribution >= 4 is 29.3 Å². The average molecular weight is 302 g/mol. The van der Waals surface area contributed by atoms with Gasteiger partial charge in [-0.1, -0.05) is 0 Å². The maximum Gasteiger partial charge on any atom is 0.220 e. The number of hydrogen-bond donors (Lipinski definition) is 1. The molecule has 104 valence electrons. The summed E-state index contributed by atoms with van der Waals surface area (Å²) in [5.41, 5.74) is 0.905. The maximum absolute atomic E-state index is 13.3. The second kappa shape index (κ2) is 7.15. The number of alkyl halides is 1. The Bertz CT molecular complexity index is 455. The van der Waals surface area contributed by atoms with Gasteiger partial charge < -0.3 is 5.32 Å². The highest BCUT2D eigenvalue weighted by molar-refractivity contribution is 7.99. The molecule has 0 bridgehead atoms. The Labute approximate surface area is 122 Å². The largest absolute Gasteiger partial charge is 0.349 e. The number of carbonyl (C=O) groups is 1. The molecule has 1 aromatic carbocycles. The molecule has 0 aliphatic carbocycles. The van der Waals surface area contributed by atoms with Crippen LogP contribution < -0.4 is 5.32 Å². The lowest BCUT2D eigenvalue weighted by atomic mass is 10.0. The monoisotopic (exact) mass is 301 g/mol. The number of rotatable bonds is 5. The van der Waals surface area contributed by atoms with Crippen LogP contribution in [0.2, 0.25) is 0 Å². The second-order valence-electron chi connectivity index (χ2n) is 4.59. The van der Waals surface area contributed by atoms with E-state index in [1.165, 1.54) is 12.1 Å². The van der Waals surface area contributed by atoms with Crippen molar-refractivity contribution in [1.29, 1.82) is 0 Å². The van der Waals surface area contributed by atoms with Crippen molar-refractivity contribution in [3.05, 3.63) is 29.6 Å². The minimum atomic E-state index is -0.248. The van der Waals surface area contributed by atoms with E-state index >= 15 is 0 Å². The molecule has 0 aromatic heterocycles. The number of thioether (sulfide) groups is 1. The van der Waals surface area contributed by atoms with Crippen molar-refractivity contribution in [1.82, 2.24) is 5.32 Å². The molecule has 2 rings (SSSR count). The number of carbonyl (C=O) groups excluding carboxylic acids is 1. The Morgan fingerprint density at radius 1 is 1.47 bits per heavy atom. The van der Waals surface area contributed by atoms with Gasteiger partial charge in [0.05, 0.1) is 6.04 Å². The molecule has 2 nitrogen and oxygen atoms in total. The molecule has 5 heteroatoms. The van der Waals surface area contributed by atoms with Gasteiger partial charge in [0, 0.05) is 22.9 Å². The highest BCUT2D eigenvalue weighted by Gasteiger charge is 2.22. The summed E-state index contributed by atoms with van der Waals surface area (Å²) in [5, 5.41) is 3.00. The summed E-state index contributed by atoms with van der Waals surface area (Å²) in [5.74, 6) is 1.31. The Morgan fingerprint density at radius 3 is 3.11 bits per heavy atom. The first kappa shape index (κ1) is 14.7. The fourth-order valence-electron chi connectivity index (χ4n) is 2.16. The van der Waals surface area contributed by atoms with Crippen LogP contribution in [0.4, 0.5) is 4.39 Å². The van der Waals surface area contributed by atoms with Gasteiger partial charge in [0.25, 0.3) is 0 Å². The fourth-order valence-corrected chi connectivity index (χ4v) is 3.46. The zero-order valence-electron chi connectivity index (χ0n) is 10.6. The van der Waals surface area contributed by atoms with Gasteiger partial charge in [0.2, 0.25) is 5.91 Å². The Morgan fingerprint density at radius 2 is 2.32 bits per heavy atom. The van der Waals surface area contributed by atoms with E-state index in [0.29, 0.717) is 12.3 Å². The molecule has 1 heterocycles. The average Bonchev–Trinajstić information content (AvgIpc) is 2.40. The summed E-state index contributed by atoms with van der Waals surface area (Å²) in [7, 11) is 0. The minimum Gasteiger partial charge on any atom is -0.349 e. The smallest absolute Gasteiger partial charge is 0.220 e. The van der Waals surface area contributed by atoms with Gasteiger partial charge in [-0.15, -0.1) is 23.4 Å². The van der Waals surface area contributed by atoms with E-state index in [4.69, 9.17) is 11.6 Å². The summed E-state index contributed by atoms with van der Waals surface area (Å²) < 4.78 is 13.3. The Hall–Kier alpha value is -0.740. The van der Waals surface area contributed by atoms with E-state index in [1.54, 1.807) is 17.8 Å². The van der Waals surface area contributed by atoms with Gasteiger partial charge in [-0.25, -0.2) is 4.39 Å². The van der Waals surface area contributed by atoms with E-state index in [2.05, 4.69) is 5.32 Å². The maximum atomic E-state index is 13.3. The van der Waals surface area contributed by atoms with Crippen LogP contribution in [0.5, 0.6) is 0 Å². The first-order chi connectivity index (χ1) is 9.20. The molecule has 1 aliphatic rings. The third-order valence-electron chi connectivity index (χ3n) is 3.13. The van der Waals surface area contributed by atoms with Gasteiger partial charge in [-0.2, -0.15) is 0 Å². The molecule has 1 atom stereocenters. The Kier molecular flexibility index (Phi) is 5.52. The molecule has 0 radical (unpaired) electrons. The number of halogens is 2. The van der Waals surface area contributed by atoms with E-state index in [9.17, 15) is 9.18 Å². The molecule has 0 spiro atoms. The Balaban J connectivity index is 1.99. The first-order valence-corrected chi connectivity index (χ1v) is 8.00. The summed E-state index contributed by atoms with van der Waals surface area (Å²) in [4.78, 5) is 12.9. The van der Waals surface area contributed by atoms with Crippen LogP contribution in [-0.4, -0.2) is 17.5 Å². The molecule has 0 saturated carbocycles. The highest BCUT2D eigenvalue weighted by Crippen LogP contribution is 2.36. The lowest BCUT2D eigenvalue weighted by Gasteiger charge is -2.26. The second-order valence-corrected chi connectivity index (χ2v) is 6.10. The van der Waals surface area contributed by atoms with E-state index in [1.807, 2.05) is 0 Å². The third kappa shape index (κ3) is 4.11. The standard InChI is InChI=1S/C14H17ClFNOS/c15-7-2-1-3-14(18)17-12-6-8-19-13-5-4-10(16)9-11(12)13/h4-5,9,12H,1-3,6-8H2,(H,17,18). The van der Waals surface area contributed by atoms with Crippen molar-refractivity contribution in [2.24, 2.45) is 0 Å². The van der Waals surface area contributed by atoms with Crippen LogP contribution in [0.3, 0.4) is 0 Å². The van der Waals surface area contributed by atoms with Crippen LogP contribution in [0.15, 0.2) is 23.1 Å². The van der Waals surface area contributed by atoms with Crippen molar-refractivity contribution in [2.45, 2.75) is 36.6 Å². The number of benzene rings is 1. The summed E-state index contributed by atoms with van der Waals surface area (Å²) in [6, 6.07) is 4.73. The minimum absolute atomic E-state index is 0.0252. The number of unbranched alkanes of at least 4 members (excludes halogenated alkanes) is 1. The van der Waals surface area contributed by atoms with E-state index in [0.717, 1.165) is 35.5 Å². The quantitative estimate of drug-likeness (QED) is 0.660. The molecule has 1 unspecified atom stereocenters. The molecular formula is C14H17ClFNOS. The predicted octanol–water partition coefficient (Wildman–Crippen LogP) is 3.89. The van der Waals surface area contributed by atoms with Crippen molar-refractivity contribution in [3.8, 4) is 0 Å². The van der Waals surface area contributed by atoms with Crippen LogP contribution >= 0.6 is 23.4 Å². The third-order valence-corrected chi connectivity index (χ3v) is 4.52. The van der Waals surface area contributed by atoms with Crippen LogP contribution in [0.1, 0.15) is 37.3 Å². The summed E-state index contributed by atoms with van der Waals surface area (Å²) >= 11 is 7.30. The SMILES string of the molecule is O=C(CCCCCl)NC1CCSc2ccc(F)cc21. The molecule has 1 N–H and O–H groups in total. The lowest BCUT2D eigenvalue weighted by molar-refractivity contribution is -0.122. The van der Waals surface area contributed by atoms with Gasteiger partial charge in [-0.05, 0) is 43.0 Å². The zero-order valence-corrected chi connectivity index (χ0v) is 12.2. The van der Waals surface area contributed by atoms with E-state index < -0.39 is 0 Å². The molecule has 19 heavy (non-hydrogen) atoms. The van der Waals surface area contributed by atoms with E-state index in [-0.39, 0.29) is 17.8 Å². The lowest BCUT2D eigenvalue weighted by Crippen LogP contribution is -2.30. The zero-order chi connectivity index (χ0) is 13.7. The predicted molar refractivity (Wildman–Crippen MR) is 77.2 cm³/mol. The number of nitrogens with one attached hydrogen (secondary N) is 1. The highest BCUT2D eigenvalue weighted by atomic mass is 35.5. The molecule has 0 fully saturated rings. The number of amides is 1. The summed E-state index contributed by atoms with van der Waals surface area (Å²) in [6.45, 7) is 0. The van der Waals surface area contributed by atoms with Crippen molar-refractivity contribution in [3.63, 3.8) is 0 Å². The molecule has 1 aliphatic heterocycles. The van der Waals surface area contributed by atoms with Crippen molar-refractivity contribution in [2.75, 3.05) is 11.6 Å². The molecule has 1 amide bonds. The molecular weight excluding hydrogens is 285 g/mol. The number of fused-ring (bicyclic) bond motifs is 1. The fraction of sp³-hybridized carbons (Fsp3) is 0.500. The van der Waals surface area contributed by atoms with Gasteiger partial charge in [0.1, 0.15) is 5.82 Å². The van der Waals surface area contributed by atoms with Crippen LogP contribution in [-0.2, 0) is 4.79 Å². The van der Waals surface area contributed by atoms with Gasteiger partial charge in [-0.3, -0.25) is 4.79 Å². The van der Waals surface area contributed by atoms with Gasteiger partial charge >= 0.3 is 0 Å². The van der Waals surface area contributed by atoms with Gasteiger partial charge in [0.15, 0.2) is 0 Å². The van der Waals surface area contributed by atoms with Crippen molar-refractivity contribution < 1.29 is 9.18 Å². The molecule has 0 saturated heterocycles.